The number of carbonyl (C=O) groups excluding carboxylic acids is 1. The van der Waals surface area contributed by atoms with Crippen LogP contribution in [0.4, 0.5) is 10.6 Å². The Kier molecular flexibility index (Phi) is 5.82. The topological polar surface area (TPSA) is 77.5 Å². The number of aliphatic hydroxyl groups excluding tert-OH is 1. The highest BCUT2D eigenvalue weighted by Gasteiger charge is 2.26. The first-order valence-electron chi connectivity index (χ1n) is 8.24. The van der Waals surface area contributed by atoms with Gasteiger partial charge in [-0.05, 0) is 37.3 Å². The minimum Gasteiger partial charge on any atom is -0.393 e. The van der Waals surface area contributed by atoms with Gasteiger partial charge in [0.25, 0.3) is 0 Å². The molecule has 0 radical (unpaired) electrons. The van der Waals surface area contributed by atoms with E-state index in [-0.39, 0.29) is 23.6 Å². The van der Waals surface area contributed by atoms with Gasteiger partial charge in [-0.1, -0.05) is 19.9 Å². The molecule has 1 aromatic rings. The molecule has 128 valence electrons. The summed E-state index contributed by atoms with van der Waals surface area (Å²) in [4.78, 5) is 18.6. The third-order valence-electron chi connectivity index (χ3n) is 4.07. The molecule has 0 bridgehead atoms. The molecule has 23 heavy (non-hydrogen) atoms. The summed E-state index contributed by atoms with van der Waals surface area (Å²) in [5.41, 5.74) is -0.124. The number of amides is 2. The summed E-state index contributed by atoms with van der Waals surface area (Å²) in [5.74, 6) is 0.954. The smallest absolute Gasteiger partial charge is 0.315 e. The minimum absolute atomic E-state index is 0.124. The quantitative estimate of drug-likeness (QED) is 0.746. The molecule has 1 aliphatic rings. The second-order valence-corrected chi connectivity index (χ2v) is 7.16. The number of hydrogen-bond donors (Lipinski definition) is 3. The predicted molar refractivity (Wildman–Crippen MR) is 91.5 cm³/mol. The number of hydrogen-bond acceptors (Lipinski definition) is 4. The Labute approximate surface area is 138 Å². The number of carbonyl (C=O) groups is 1. The molecule has 0 aliphatic carbocycles. The summed E-state index contributed by atoms with van der Waals surface area (Å²) >= 11 is 0. The largest absolute Gasteiger partial charge is 0.393 e. The van der Waals surface area contributed by atoms with E-state index in [1.807, 2.05) is 32.0 Å². The molecule has 6 nitrogen and oxygen atoms in total. The fourth-order valence-electron chi connectivity index (χ4n) is 3.05. The van der Waals surface area contributed by atoms with Crippen LogP contribution in [0.5, 0.6) is 0 Å². The van der Waals surface area contributed by atoms with E-state index in [0.717, 1.165) is 25.3 Å². The SMILES string of the molecule is CC(O)CC(C)(C)CNC(=O)NC1CCN(c2ccccn2)C1. The van der Waals surface area contributed by atoms with E-state index in [4.69, 9.17) is 0 Å². The highest BCUT2D eigenvalue weighted by atomic mass is 16.3. The van der Waals surface area contributed by atoms with Gasteiger partial charge in [0, 0.05) is 31.9 Å². The Balaban J connectivity index is 1.74. The average molecular weight is 320 g/mol. The van der Waals surface area contributed by atoms with Crippen molar-refractivity contribution in [1.29, 1.82) is 0 Å². The van der Waals surface area contributed by atoms with Gasteiger partial charge in [-0.15, -0.1) is 0 Å². The highest BCUT2D eigenvalue weighted by Crippen LogP contribution is 2.21. The lowest BCUT2D eigenvalue weighted by atomic mass is 9.87. The Bertz CT molecular complexity index is 505. The van der Waals surface area contributed by atoms with Gasteiger partial charge in [0.2, 0.25) is 0 Å². The second kappa shape index (κ2) is 7.64. The van der Waals surface area contributed by atoms with Crippen molar-refractivity contribution in [3.8, 4) is 0 Å². The summed E-state index contributed by atoms with van der Waals surface area (Å²) in [6.07, 6.45) is 3.00. The number of urea groups is 1. The number of pyridine rings is 1. The normalized spacial score (nSPS) is 19.5. The molecule has 2 heterocycles. The van der Waals surface area contributed by atoms with Crippen LogP contribution in [0.15, 0.2) is 24.4 Å². The summed E-state index contributed by atoms with van der Waals surface area (Å²) < 4.78 is 0. The number of anilines is 1. The monoisotopic (exact) mass is 320 g/mol. The van der Waals surface area contributed by atoms with E-state index in [1.165, 1.54) is 0 Å². The fourth-order valence-corrected chi connectivity index (χ4v) is 3.05. The molecule has 2 amide bonds. The first-order chi connectivity index (χ1) is 10.9. The van der Waals surface area contributed by atoms with Crippen LogP contribution in [0.3, 0.4) is 0 Å². The molecule has 0 aromatic carbocycles. The Morgan fingerprint density at radius 1 is 1.52 bits per heavy atom. The average Bonchev–Trinajstić information content (AvgIpc) is 2.93. The van der Waals surface area contributed by atoms with Gasteiger partial charge < -0.3 is 20.6 Å². The first kappa shape index (κ1) is 17.5. The van der Waals surface area contributed by atoms with Gasteiger partial charge >= 0.3 is 6.03 Å². The summed E-state index contributed by atoms with van der Waals surface area (Å²) in [6.45, 7) is 8.07. The van der Waals surface area contributed by atoms with Crippen LogP contribution >= 0.6 is 0 Å². The number of rotatable bonds is 6. The Morgan fingerprint density at radius 2 is 2.30 bits per heavy atom. The zero-order chi connectivity index (χ0) is 16.9. The maximum absolute atomic E-state index is 12.1. The van der Waals surface area contributed by atoms with Gasteiger partial charge in [0.05, 0.1) is 6.10 Å². The summed E-state index contributed by atoms with van der Waals surface area (Å²) in [6, 6.07) is 5.85. The van der Waals surface area contributed by atoms with Crippen molar-refractivity contribution < 1.29 is 9.90 Å². The lowest BCUT2D eigenvalue weighted by Crippen LogP contribution is -2.46. The highest BCUT2D eigenvalue weighted by molar-refractivity contribution is 5.74. The fraction of sp³-hybridized carbons (Fsp3) is 0.647. The van der Waals surface area contributed by atoms with E-state index >= 15 is 0 Å². The van der Waals surface area contributed by atoms with Crippen LogP contribution < -0.4 is 15.5 Å². The molecule has 2 unspecified atom stereocenters. The van der Waals surface area contributed by atoms with E-state index < -0.39 is 0 Å². The Morgan fingerprint density at radius 3 is 2.96 bits per heavy atom. The Hall–Kier alpha value is -1.82. The van der Waals surface area contributed by atoms with Gasteiger partial charge in [-0.25, -0.2) is 9.78 Å². The van der Waals surface area contributed by atoms with Crippen LogP contribution in [0.25, 0.3) is 0 Å². The van der Waals surface area contributed by atoms with Crippen LogP contribution in [-0.4, -0.2) is 47.9 Å². The number of nitrogens with zero attached hydrogens (tertiary/aromatic N) is 2. The van der Waals surface area contributed by atoms with Crippen LogP contribution in [-0.2, 0) is 0 Å². The predicted octanol–water partition coefficient (Wildman–Crippen LogP) is 1.76. The third-order valence-corrected chi connectivity index (χ3v) is 4.07. The van der Waals surface area contributed by atoms with E-state index in [9.17, 15) is 9.90 Å². The molecule has 1 saturated heterocycles. The van der Waals surface area contributed by atoms with Crippen LogP contribution in [0, 0.1) is 5.41 Å². The molecular weight excluding hydrogens is 292 g/mol. The van der Waals surface area contributed by atoms with Crippen molar-refractivity contribution in [1.82, 2.24) is 15.6 Å². The van der Waals surface area contributed by atoms with Crippen molar-refractivity contribution in [3.05, 3.63) is 24.4 Å². The number of aromatic nitrogens is 1. The zero-order valence-electron chi connectivity index (χ0n) is 14.2. The van der Waals surface area contributed by atoms with Crippen molar-refractivity contribution in [2.75, 3.05) is 24.5 Å². The molecule has 0 saturated carbocycles. The zero-order valence-corrected chi connectivity index (χ0v) is 14.2. The molecule has 1 fully saturated rings. The van der Waals surface area contributed by atoms with Crippen molar-refractivity contribution >= 4 is 11.8 Å². The van der Waals surface area contributed by atoms with Crippen LogP contribution in [0.2, 0.25) is 0 Å². The first-order valence-corrected chi connectivity index (χ1v) is 8.24. The van der Waals surface area contributed by atoms with Gasteiger partial charge in [-0.3, -0.25) is 0 Å². The summed E-state index contributed by atoms with van der Waals surface area (Å²) in [5, 5.41) is 15.4. The lowest BCUT2D eigenvalue weighted by Gasteiger charge is -2.26. The minimum atomic E-state index is -0.364. The third kappa shape index (κ3) is 5.71. The standard InChI is InChI=1S/C17H28N4O2/c1-13(22)10-17(2,3)12-19-16(23)20-14-7-9-21(11-14)15-6-4-5-8-18-15/h4-6,8,13-14,22H,7,9-12H2,1-3H3,(H2,19,20,23). The van der Waals surface area contributed by atoms with E-state index in [2.05, 4.69) is 20.5 Å². The maximum Gasteiger partial charge on any atom is 0.315 e. The van der Waals surface area contributed by atoms with E-state index in [0.29, 0.717) is 13.0 Å². The van der Waals surface area contributed by atoms with Crippen molar-refractivity contribution in [2.45, 2.75) is 45.8 Å². The van der Waals surface area contributed by atoms with E-state index in [1.54, 1.807) is 13.1 Å². The van der Waals surface area contributed by atoms with Crippen molar-refractivity contribution in [2.24, 2.45) is 5.41 Å². The molecule has 0 spiro atoms. The molecule has 1 aliphatic heterocycles. The maximum atomic E-state index is 12.1. The molecule has 2 atom stereocenters. The number of aliphatic hydroxyl groups is 1. The number of nitrogens with one attached hydrogen (secondary N) is 2. The molecule has 2 rings (SSSR count). The summed E-state index contributed by atoms with van der Waals surface area (Å²) in [7, 11) is 0. The van der Waals surface area contributed by atoms with Crippen molar-refractivity contribution in [3.63, 3.8) is 0 Å². The van der Waals surface area contributed by atoms with Gasteiger partial charge in [-0.2, -0.15) is 0 Å². The van der Waals surface area contributed by atoms with Gasteiger partial charge in [0.1, 0.15) is 5.82 Å². The lowest BCUT2D eigenvalue weighted by molar-refractivity contribution is 0.128. The molecule has 3 N–H and O–H groups in total. The molecule has 1 aromatic heterocycles. The second-order valence-electron chi connectivity index (χ2n) is 7.16. The molecular formula is C17H28N4O2. The van der Waals surface area contributed by atoms with Gasteiger partial charge in [0.15, 0.2) is 0 Å². The van der Waals surface area contributed by atoms with Crippen LogP contribution in [0.1, 0.15) is 33.6 Å². The molecule has 6 heteroatoms.